The fourth-order valence-corrected chi connectivity index (χ4v) is 5.17. The van der Waals surface area contributed by atoms with Gasteiger partial charge in [0.15, 0.2) is 15.0 Å². The molecule has 0 fully saturated rings. The summed E-state index contributed by atoms with van der Waals surface area (Å²) >= 11 is 1.21. The van der Waals surface area contributed by atoms with Gasteiger partial charge in [-0.2, -0.15) is 0 Å². The molecule has 0 saturated carbocycles. The second kappa shape index (κ2) is 9.02. The summed E-state index contributed by atoms with van der Waals surface area (Å²) in [6.45, 7) is 0. The van der Waals surface area contributed by atoms with Crippen molar-refractivity contribution in [2.45, 2.75) is 11.3 Å². The highest BCUT2D eigenvalue weighted by molar-refractivity contribution is 7.90. The Morgan fingerprint density at radius 2 is 1.62 bits per heavy atom. The van der Waals surface area contributed by atoms with Crippen LogP contribution in [0.15, 0.2) is 83.8 Å². The zero-order valence-corrected chi connectivity index (χ0v) is 18.7. The highest BCUT2D eigenvalue weighted by Gasteiger charge is 2.22. The van der Waals surface area contributed by atoms with E-state index in [1.54, 1.807) is 30.3 Å². The maximum atomic E-state index is 13.5. The number of anilines is 1. The van der Waals surface area contributed by atoms with Crippen LogP contribution in [0.5, 0.6) is 0 Å². The van der Waals surface area contributed by atoms with E-state index in [9.17, 15) is 17.6 Å². The van der Waals surface area contributed by atoms with Crippen LogP contribution < -0.4 is 5.32 Å². The highest BCUT2D eigenvalue weighted by Crippen LogP contribution is 2.41. The van der Waals surface area contributed by atoms with E-state index in [4.69, 9.17) is 0 Å². The molecule has 8 heteroatoms. The summed E-state index contributed by atoms with van der Waals surface area (Å²) in [5.74, 6) is -0.619. The van der Waals surface area contributed by atoms with Gasteiger partial charge < -0.3 is 5.32 Å². The second-order valence-electron chi connectivity index (χ2n) is 7.18. The minimum atomic E-state index is -3.52. The van der Waals surface area contributed by atoms with Crippen molar-refractivity contribution in [1.82, 2.24) is 4.98 Å². The standard InChI is InChI=1S/C24H19FN2O3S2/c1-32(29,30)20-10-6-5-9-19(20)22-23(17-11-13-18(25)14-12-17)31-24(27-22)26-21(28)15-16-7-3-2-4-8-16/h2-14H,15H2,1H3,(H,26,27,28). The van der Waals surface area contributed by atoms with Crippen LogP contribution in [0.2, 0.25) is 0 Å². The molecule has 162 valence electrons. The molecule has 4 aromatic rings. The molecule has 0 bridgehead atoms. The van der Waals surface area contributed by atoms with E-state index in [0.717, 1.165) is 11.8 Å². The van der Waals surface area contributed by atoms with E-state index < -0.39 is 9.84 Å². The molecule has 0 aliphatic rings. The van der Waals surface area contributed by atoms with E-state index in [-0.39, 0.29) is 23.0 Å². The Kier molecular flexibility index (Phi) is 6.16. The van der Waals surface area contributed by atoms with Gasteiger partial charge in [-0.3, -0.25) is 4.79 Å². The summed E-state index contributed by atoms with van der Waals surface area (Å²) in [6.07, 6.45) is 1.32. The average molecular weight is 467 g/mol. The number of aromatic nitrogens is 1. The molecule has 0 aliphatic heterocycles. The topological polar surface area (TPSA) is 76.1 Å². The number of rotatable bonds is 6. The lowest BCUT2D eigenvalue weighted by Gasteiger charge is -2.08. The van der Waals surface area contributed by atoms with Crippen LogP contribution in [0.4, 0.5) is 9.52 Å². The second-order valence-corrected chi connectivity index (χ2v) is 10.2. The number of carbonyl (C=O) groups is 1. The molecule has 1 heterocycles. The van der Waals surface area contributed by atoms with E-state index in [0.29, 0.717) is 26.8 Å². The Balaban J connectivity index is 1.77. The smallest absolute Gasteiger partial charge is 0.230 e. The molecule has 32 heavy (non-hydrogen) atoms. The van der Waals surface area contributed by atoms with Gasteiger partial charge in [0.05, 0.1) is 21.9 Å². The summed E-state index contributed by atoms with van der Waals surface area (Å²) in [5.41, 5.74) is 2.38. The lowest BCUT2D eigenvalue weighted by molar-refractivity contribution is -0.115. The Labute approximate surface area is 189 Å². The first kappa shape index (κ1) is 21.9. The van der Waals surface area contributed by atoms with Crippen LogP contribution in [0.3, 0.4) is 0 Å². The molecule has 1 aromatic heterocycles. The fraction of sp³-hybridized carbons (Fsp3) is 0.0833. The molecular weight excluding hydrogens is 447 g/mol. The quantitative estimate of drug-likeness (QED) is 0.424. The molecule has 1 amide bonds. The summed E-state index contributed by atoms with van der Waals surface area (Å²) in [4.78, 5) is 17.9. The molecule has 4 rings (SSSR count). The van der Waals surface area contributed by atoms with Gasteiger partial charge >= 0.3 is 0 Å². The van der Waals surface area contributed by atoms with E-state index in [1.165, 1.54) is 29.5 Å². The van der Waals surface area contributed by atoms with Crippen molar-refractivity contribution in [2.75, 3.05) is 11.6 Å². The molecule has 3 aromatic carbocycles. The number of hydrogen-bond donors (Lipinski definition) is 1. The Hall–Kier alpha value is -3.36. The van der Waals surface area contributed by atoms with Crippen molar-refractivity contribution in [3.8, 4) is 21.7 Å². The minimum Gasteiger partial charge on any atom is -0.302 e. The molecule has 0 saturated heterocycles. The molecule has 0 radical (unpaired) electrons. The van der Waals surface area contributed by atoms with Crippen molar-refractivity contribution in [3.63, 3.8) is 0 Å². The van der Waals surface area contributed by atoms with E-state index in [2.05, 4.69) is 10.3 Å². The lowest BCUT2D eigenvalue weighted by atomic mass is 10.1. The predicted molar refractivity (Wildman–Crippen MR) is 125 cm³/mol. The van der Waals surface area contributed by atoms with Gasteiger partial charge in [-0.1, -0.05) is 72.0 Å². The molecule has 5 nitrogen and oxygen atoms in total. The molecule has 0 unspecified atom stereocenters. The van der Waals surface area contributed by atoms with Crippen LogP contribution in [0.1, 0.15) is 5.56 Å². The Bertz CT molecular complexity index is 1370. The predicted octanol–water partition coefficient (Wildman–Crippen LogP) is 5.20. The first-order chi connectivity index (χ1) is 15.3. The molecule has 0 spiro atoms. The highest BCUT2D eigenvalue weighted by atomic mass is 32.2. The van der Waals surface area contributed by atoms with Gasteiger partial charge in [-0.25, -0.2) is 17.8 Å². The molecule has 0 atom stereocenters. The molecular formula is C24H19FN2O3S2. The van der Waals surface area contributed by atoms with Crippen LogP contribution in [0.25, 0.3) is 21.7 Å². The third-order valence-electron chi connectivity index (χ3n) is 4.73. The maximum absolute atomic E-state index is 13.5. The van der Waals surface area contributed by atoms with Crippen molar-refractivity contribution in [3.05, 3.63) is 90.2 Å². The number of nitrogens with one attached hydrogen (secondary N) is 1. The molecule has 0 aliphatic carbocycles. The van der Waals surface area contributed by atoms with Crippen LogP contribution in [-0.4, -0.2) is 25.6 Å². The first-order valence-corrected chi connectivity index (χ1v) is 12.4. The normalized spacial score (nSPS) is 11.3. The summed E-state index contributed by atoms with van der Waals surface area (Å²) in [7, 11) is -3.52. The van der Waals surface area contributed by atoms with Gasteiger partial charge in [0, 0.05) is 11.8 Å². The Morgan fingerprint density at radius 3 is 2.31 bits per heavy atom. The van der Waals surface area contributed by atoms with Crippen LogP contribution in [-0.2, 0) is 21.1 Å². The zero-order valence-electron chi connectivity index (χ0n) is 17.1. The lowest BCUT2D eigenvalue weighted by Crippen LogP contribution is -2.14. The van der Waals surface area contributed by atoms with Crippen LogP contribution >= 0.6 is 11.3 Å². The average Bonchev–Trinajstić information content (AvgIpc) is 3.17. The minimum absolute atomic E-state index is 0.135. The monoisotopic (exact) mass is 466 g/mol. The van der Waals surface area contributed by atoms with Crippen molar-refractivity contribution < 1.29 is 17.6 Å². The van der Waals surface area contributed by atoms with Crippen LogP contribution in [0, 0.1) is 5.82 Å². The summed E-state index contributed by atoms with van der Waals surface area (Å²) in [5, 5.41) is 3.14. The van der Waals surface area contributed by atoms with E-state index >= 15 is 0 Å². The van der Waals surface area contributed by atoms with Gasteiger partial charge in [-0.15, -0.1) is 0 Å². The number of halogens is 1. The number of thiazole rings is 1. The Morgan fingerprint density at radius 1 is 0.969 bits per heavy atom. The number of hydrogen-bond acceptors (Lipinski definition) is 5. The molecule has 1 N–H and O–H groups in total. The third-order valence-corrected chi connectivity index (χ3v) is 6.90. The number of carbonyl (C=O) groups excluding carboxylic acids is 1. The number of amides is 1. The summed E-state index contributed by atoms with van der Waals surface area (Å²) < 4.78 is 38.2. The number of sulfone groups is 1. The third kappa shape index (κ3) is 4.92. The largest absolute Gasteiger partial charge is 0.302 e. The van der Waals surface area contributed by atoms with Gasteiger partial charge in [-0.05, 0) is 29.3 Å². The van der Waals surface area contributed by atoms with Gasteiger partial charge in [0.2, 0.25) is 5.91 Å². The SMILES string of the molecule is CS(=O)(=O)c1ccccc1-c1nc(NC(=O)Cc2ccccc2)sc1-c1ccc(F)cc1. The zero-order chi connectivity index (χ0) is 22.7. The van der Waals surface area contributed by atoms with Crippen molar-refractivity contribution in [1.29, 1.82) is 0 Å². The summed E-state index contributed by atoms with van der Waals surface area (Å²) in [6, 6.07) is 21.7. The maximum Gasteiger partial charge on any atom is 0.230 e. The van der Waals surface area contributed by atoms with Gasteiger partial charge in [0.1, 0.15) is 5.82 Å². The number of benzene rings is 3. The van der Waals surface area contributed by atoms with Crippen molar-refractivity contribution in [2.24, 2.45) is 0 Å². The fourth-order valence-electron chi connectivity index (χ4n) is 3.28. The van der Waals surface area contributed by atoms with Gasteiger partial charge in [0.25, 0.3) is 0 Å². The van der Waals surface area contributed by atoms with E-state index in [1.807, 2.05) is 30.3 Å². The van der Waals surface area contributed by atoms with Crippen molar-refractivity contribution >= 4 is 32.2 Å². The first-order valence-electron chi connectivity index (χ1n) is 9.71. The number of nitrogens with zero attached hydrogens (tertiary/aromatic N) is 1.